The molecule has 1 aliphatic rings. The Morgan fingerprint density at radius 2 is 1.89 bits per heavy atom. The van der Waals surface area contributed by atoms with Crippen LogP contribution in [0.15, 0.2) is 41.3 Å². The van der Waals surface area contributed by atoms with Gasteiger partial charge >= 0.3 is 0 Å². The molecule has 27 heavy (non-hydrogen) atoms. The minimum Gasteiger partial charge on any atom is -0.494 e. The summed E-state index contributed by atoms with van der Waals surface area (Å²) in [6.07, 6.45) is 1.05. The summed E-state index contributed by atoms with van der Waals surface area (Å²) in [6.45, 7) is 6.76. The van der Waals surface area contributed by atoms with Crippen molar-refractivity contribution in [3.05, 3.63) is 47.5 Å². The highest BCUT2D eigenvalue weighted by atomic mass is 32.2. The van der Waals surface area contributed by atoms with E-state index in [0.29, 0.717) is 37.4 Å². The largest absolute Gasteiger partial charge is 0.494 e. The number of hydrogen-bond donors (Lipinski definition) is 1. The third-order valence-corrected chi connectivity index (χ3v) is 5.98. The van der Waals surface area contributed by atoms with Crippen LogP contribution in [0.5, 0.6) is 5.75 Å². The third-order valence-electron chi connectivity index (χ3n) is 4.60. The Morgan fingerprint density at radius 1 is 1.11 bits per heavy atom. The van der Waals surface area contributed by atoms with Gasteiger partial charge in [0.1, 0.15) is 5.75 Å². The first-order chi connectivity index (χ1) is 12.9. The molecular weight excluding hydrogens is 364 g/mol. The monoisotopic (exact) mass is 388 g/mol. The molecule has 0 unspecified atom stereocenters. The van der Waals surface area contributed by atoms with Crippen molar-refractivity contribution < 1.29 is 17.9 Å². The summed E-state index contributed by atoms with van der Waals surface area (Å²) < 4.78 is 33.6. The molecule has 6 nitrogen and oxygen atoms in total. The molecule has 1 aliphatic heterocycles. The van der Waals surface area contributed by atoms with Gasteiger partial charge in [0.2, 0.25) is 5.91 Å². The van der Waals surface area contributed by atoms with Crippen LogP contribution in [0.4, 0.5) is 11.4 Å². The van der Waals surface area contributed by atoms with Gasteiger partial charge in [-0.15, -0.1) is 0 Å². The zero-order chi connectivity index (χ0) is 19.6. The van der Waals surface area contributed by atoms with E-state index in [9.17, 15) is 13.2 Å². The second kappa shape index (κ2) is 7.60. The molecule has 0 aromatic heterocycles. The number of anilines is 2. The Bertz CT molecular complexity index is 970. The van der Waals surface area contributed by atoms with Crippen LogP contribution in [-0.2, 0) is 21.2 Å². The molecule has 2 aromatic rings. The Hall–Kier alpha value is -2.54. The lowest BCUT2D eigenvalue weighted by Crippen LogP contribution is -2.34. The second-order valence-corrected chi connectivity index (χ2v) is 8.13. The van der Waals surface area contributed by atoms with Crippen LogP contribution < -0.4 is 14.4 Å². The molecule has 0 radical (unpaired) electrons. The highest BCUT2D eigenvalue weighted by molar-refractivity contribution is 7.92. The van der Waals surface area contributed by atoms with Gasteiger partial charge in [0.25, 0.3) is 10.0 Å². The van der Waals surface area contributed by atoms with E-state index in [2.05, 4.69) is 4.72 Å². The van der Waals surface area contributed by atoms with Gasteiger partial charge in [-0.05, 0) is 74.7 Å². The van der Waals surface area contributed by atoms with Gasteiger partial charge in [-0.1, -0.05) is 0 Å². The van der Waals surface area contributed by atoms with Crippen molar-refractivity contribution >= 4 is 27.3 Å². The summed E-state index contributed by atoms with van der Waals surface area (Å²) in [6, 6.07) is 10.1. The van der Waals surface area contributed by atoms with Crippen molar-refractivity contribution in [3.63, 3.8) is 0 Å². The minimum atomic E-state index is -3.71. The Balaban J connectivity index is 1.86. The number of nitrogens with zero attached hydrogens (tertiary/aromatic N) is 1. The number of carbonyl (C=O) groups is 1. The van der Waals surface area contributed by atoms with Crippen molar-refractivity contribution in [2.24, 2.45) is 0 Å². The smallest absolute Gasteiger partial charge is 0.261 e. The maximum absolute atomic E-state index is 12.7. The molecule has 0 bridgehead atoms. The van der Waals surface area contributed by atoms with Crippen molar-refractivity contribution in [2.75, 3.05) is 22.8 Å². The van der Waals surface area contributed by atoms with E-state index in [1.165, 1.54) is 6.07 Å². The summed E-state index contributed by atoms with van der Waals surface area (Å²) in [5.41, 5.74) is 3.08. The molecule has 3 rings (SSSR count). The Morgan fingerprint density at radius 3 is 2.56 bits per heavy atom. The topological polar surface area (TPSA) is 75.7 Å². The highest BCUT2D eigenvalue weighted by Gasteiger charge is 2.23. The highest BCUT2D eigenvalue weighted by Crippen LogP contribution is 2.31. The standard InChI is InChI=1S/C20H24N2O4S/c1-4-22-18-9-7-16(13-15(18)6-11-20(22)23)21-27(24,25)17-8-10-19(26-5-2)14(3)12-17/h7-10,12-13,21H,4-6,11H2,1-3H3. The lowest BCUT2D eigenvalue weighted by Gasteiger charge is -2.28. The number of fused-ring (bicyclic) bond motifs is 1. The fourth-order valence-corrected chi connectivity index (χ4v) is 4.42. The van der Waals surface area contributed by atoms with Crippen LogP contribution in [0.2, 0.25) is 0 Å². The number of sulfonamides is 1. The third kappa shape index (κ3) is 3.93. The first-order valence-electron chi connectivity index (χ1n) is 9.05. The molecule has 0 saturated carbocycles. The second-order valence-electron chi connectivity index (χ2n) is 6.45. The van der Waals surface area contributed by atoms with Gasteiger partial charge in [0.05, 0.1) is 11.5 Å². The van der Waals surface area contributed by atoms with Gasteiger partial charge in [-0.2, -0.15) is 0 Å². The fraction of sp³-hybridized carbons (Fsp3) is 0.350. The van der Waals surface area contributed by atoms with Gasteiger partial charge in [-0.3, -0.25) is 9.52 Å². The molecule has 0 saturated heterocycles. The van der Waals surface area contributed by atoms with Gasteiger partial charge in [-0.25, -0.2) is 8.42 Å². The van der Waals surface area contributed by atoms with E-state index in [4.69, 9.17) is 4.74 Å². The average molecular weight is 388 g/mol. The van der Waals surface area contributed by atoms with Gasteiger partial charge < -0.3 is 9.64 Å². The number of ether oxygens (including phenoxy) is 1. The molecule has 0 fully saturated rings. The molecule has 7 heteroatoms. The summed E-state index contributed by atoms with van der Waals surface area (Å²) in [5, 5.41) is 0. The van der Waals surface area contributed by atoms with E-state index in [1.54, 1.807) is 29.2 Å². The maximum atomic E-state index is 12.7. The number of hydrogen-bond acceptors (Lipinski definition) is 4. The first-order valence-corrected chi connectivity index (χ1v) is 10.5. The zero-order valence-electron chi connectivity index (χ0n) is 15.8. The normalized spacial score (nSPS) is 14.0. The van der Waals surface area contributed by atoms with Crippen LogP contribution in [0, 0.1) is 6.92 Å². The van der Waals surface area contributed by atoms with Crippen molar-refractivity contribution in [1.29, 1.82) is 0 Å². The predicted octanol–water partition coefficient (Wildman–Crippen LogP) is 3.49. The maximum Gasteiger partial charge on any atom is 0.261 e. The number of amides is 1. The van der Waals surface area contributed by atoms with Crippen LogP contribution in [0.3, 0.4) is 0 Å². The quantitative estimate of drug-likeness (QED) is 0.822. The Labute approximate surface area is 160 Å². The summed E-state index contributed by atoms with van der Waals surface area (Å²) >= 11 is 0. The number of carbonyl (C=O) groups excluding carboxylic acids is 1. The van der Waals surface area contributed by atoms with Crippen LogP contribution >= 0.6 is 0 Å². The fourth-order valence-electron chi connectivity index (χ4n) is 3.29. The number of benzene rings is 2. The van der Waals surface area contributed by atoms with E-state index >= 15 is 0 Å². The molecule has 0 spiro atoms. The summed E-state index contributed by atoms with van der Waals surface area (Å²) in [7, 11) is -3.71. The van der Waals surface area contributed by atoms with E-state index in [1.807, 2.05) is 26.8 Å². The molecule has 1 heterocycles. The summed E-state index contributed by atoms with van der Waals surface area (Å²) in [5.74, 6) is 0.776. The molecule has 0 atom stereocenters. The molecule has 144 valence electrons. The van der Waals surface area contributed by atoms with E-state index in [0.717, 1.165) is 16.8 Å². The number of rotatable bonds is 6. The zero-order valence-corrected chi connectivity index (χ0v) is 16.6. The summed E-state index contributed by atoms with van der Waals surface area (Å²) in [4.78, 5) is 13.9. The van der Waals surface area contributed by atoms with Crippen LogP contribution in [0.1, 0.15) is 31.4 Å². The van der Waals surface area contributed by atoms with Crippen LogP contribution in [-0.4, -0.2) is 27.5 Å². The molecular formula is C20H24N2O4S. The molecule has 1 N–H and O–H groups in total. The Kier molecular flexibility index (Phi) is 5.41. The van der Waals surface area contributed by atoms with Crippen molar-refractivity contribution in [2.45, 2.75) is 38.5 Å². The molecule has 1 amide bonds. The average Bonchev–Trinajstić information content (AvgIpc) is 2.63. The molecule has 2 aromatic carbocycles. The number of nitrogens with one attached hydrogen (secondary N) is 1. The van der Waals surface area contributed by atoms with Gasteiger partial charge in [0, 0.05) is 24.3 Å². The van der Waals surface area contributed by atoms with Crippen LogP contribution in [0.25, 0.3) is 0 Å². The van der Waals surface area contributed by atoms with Crippen molar-refractivity contribution in [1.82, 2.24) is 0 Å². The number of aryl methyl sites for hydroxylation is 2. The van der Waals surface area contributed by atoms with Crippen molar-refractivity contribution in [3.8, 4) is 5.75 Å². The minimum absolute atomic E-state index is 0.100. The lowest BCUT2D eigenvalue weighted by molar-refractivity contribution is -0.118. The van der Waals surface area contributed by atoms with Gasteiger partial charge in [0.15, 0.2) is 0 Å². The predicted molar refractivity (Wildman–Crippen MR) is 106 cm³/mol. The molecule has 0 aliphatic carbocycles. The van der Waals surface area contributed by atoms with E-state index in [-0.39, 0.29) is 10.8 Å². The first kappa shape index (κ1) is 19.2. The lowest BCUT2D eigenvalue weighted by atomic mass is 10.0. The SMILES string of the molecule is CCOc1ccc(S(=O)(=O)Nc2ccc3c(c2)CCC(=O)N3CC)cc1C. The van der Waals surface area contributed by atoms with E-state index < -0.39 is 10.0 Å².